The quantitative estimate of drug-likeness (QED) is 0.537. The molecule has 1 amide bonds. The number of fused-ring (bicyclic) bond motifs is 1. The second-order valence-corrected chi connectivity index (χ2v) is 7.75. The SMILES string of the molecule is CCCCN1C(=O)C(O)=C(C(=O)c2cc3cccc(OC)c3o2)C1c1cccc(C)c1. The molecule has 1 aliphatic heterocycles. The number of aryl methyl sites for hydroxylation is 1. The molecule has 6 nitrogen and oxygen atoms in total. The maximum absolute atomic E-state index is 13.5. The summed E-state index contributed by atoms with van der Waals surface area (Å²) in [4.78, 5) is 28.0. The molecule has 31 heavy (non-hydrogen) atoms. The van der Waals surface area contributed by atoms with Crippen molar-refractivity contribution < 1.29 is 23.8 Å². The zero-order valence-electron chi connectivity index (χ0n) is 17.8. The molecule has 1 aromatic heterocycles. The fraction of sp³-hybridized carbons (Fsp3) is 0.280. The lowest BCUT2D eigenvalue weighted by Crippen LogP contribution is -2.32. The number of ketones is 1. The highest BCUT2D eigenvalue weighted by molar-refractivity contribution is 6.16. The average molecular weight is 419 g/mol. The Labute approximate surface area is 180 Å². The van der Waals surface area contributed by atoms with E-state index in [9.17, 15) is 14.7 Å². The molecular formula is C25H25NO5. The Bertz CT molecular complexity index is 1190. The lowest BCUT2D eigenvalue weighted by Gasteiger charge is -2.26. The van der Waals surface area contributed by atoms with E-state index in [1.54, 1.807) is 17.0 Å². The second kappa shape index (κ2) is 8.30. The molecule has 0 fully saturated rings. The first-order valence-electron chi connectivity index (χ1n) is 10.4. The fourth-order valence-corrected chi connectivity index (χ4v) is 4.07. The molecule has 2 aromatic carbocycles. The fourth-order valence-electron chi connectivity index (χ4n) is 4.07. The number of nitrogens with zero attached hydrogens (tertiary/aromatic N) is 1. The van der Waals surface area contributed by atoms with E-state index >= 15 is 0 Å². The summed E-state index contributed by atoms with van der Waals surface area (Å²) in [6.07, 6.45) is 1.66. The summed E-state index contributed by atoms with van der Waals surface area (Å²) in [5.41, 5.74) is 2.29. The number of Topliss-reactive ketones (excluding diaryl/α,β-unsaturated/α-hetero) is 1. The van der Waals surface area contributed by atoms with Crippen molar-refractivity contribution in [3.63, 3.8) is 0 Å². The van der Waals surface area contributed by atoms with Crippen molar-refractivity contribution in [3.05, 3.63) is 76.8 Å². The van der Waals surface area contributed by atoms with E-state index in [0.717, 1.165) is 24.0 Å². The summed E-state index contributed by atoms with van der Waals surface area (Å²) in [5, 5.41) is 11.4. The Kier molecular flexibility index (Phi) is 5.55. The smallest absolute Gasteiger partial charge is 0.290 e. The van der Waals surface area contributed by atoms with Gasteiger partial charge in [0.25, 0.3) is 5.91 Å². The van der Waals surface area contributed by atoms with Gasteiger partial charge in [-0.1, -0.05) is 55.3 Å². The van der Waals surface area contributed by atoms with Crippen LogP contribution in [0.15, 0.2) is 64.3 Å². The Morgan fingerprint density at radius 2 is 1.97 bits per heavy atom. The van der Waals surface area contributed by atoms with Crippen LogP contribution in [0.5, 0.6) is 5.75 Å². The number of aliphatic hydroxyl groups is 1. The predicted octanol–water partition coefficient (Wildman–Crippen LogP) is 5.13. The van der Waals surface area contributed by atoms with Gasteiger partial charge in [-0.25, -0.2) is 0 Å². The minimum atomic E-state index is -0.665. The predicted molar refractivity (Wildman–Crippen MR) is 117 cm³/mol. The number of unbranched alkanes of at least 4 members (excludes halogenated alkanes) is 1. The number of rotatable bonds is 7. The number of hydrogen-bond donors (Lipinski definition) is 1. The Balaban J connectivity index is 1.82. The molecule has 160 valence electrons. The van der Waals surface area contributed by atoms with Crippen molar-refractivity contribution in [1.29, 1.82) is 0 Å². The van der Waals surface area contributed by atoms with Gasteiger partial charge >= 0.3 is 0 Å². The Morgan fingerprint density at radius 1 is 1.19 bits per heavy atom. The van der Waals surface area contributed by atoms with Crippen LogP contribution in [0.3, 0.4) is 0 Å². The van der Waals surface area contributed by atoms with Crippen molar-refractivity contribution >= 4 is 22.7 Å². The molecule has 1 aliphatic rings. The zero-order chi connectivity index (χ0) is 22.1. The third kappa shape index (κ3) is 3.58. The molecule has 6 heteroatoms. The third-order valence-electron chi connectivity index (χ3n) is 5.61. The first-order valence-corrected chi connectivity index (χ1v) is 10.4. The molecule has 1 N–H and O–H groups in total. The molecule has 2 heterocycles. The van der Waals surface area contributed by atoms with Gasteiger partial charge in [-0.15, -0.1) is 0 Å². The second-order valence-electron chi connectivity index (χ2n) is 7.75. The molecule has 3 aromatic rings. The minimum Gasteiger partial charge on any atom is -0.503 e. The van der Waals surface area contributed by atoms with Crippen LogP contribution in [0.4, 0.5) is 0 Å². The number of furan rings is 1. The molecular weight excluding hydrogens is 394 g/mol. The van der Waals surface area contributed by atoms with E-state index in [4.69, 9.17) is 9.15 Å². The van der Waals surface area contributed by atoms with E-state index in [0.29, 0.717) is 23.3 Å². The molecule has 0 spiro atoms. The van der Waals surface area contributed by atoms with E-state index in [1.165, 1.54) is 7.11 Å². The van der Waals surface area contributed by atoms with Crippen LogP contribution in [0.2, 0.25) is 0 Å². The average Bonchev–Trinajstić information content (AvgIpc) is 3.31. The highest BCUT2D eigenvalue weighted by Gasteiger charge is 2.44. The number of aliphatic hydroxyl groups excluding tert-OH is 1. The van der Waals surface area contributed by atoms with Crippen LogP contribution < -0.4 is 4.74 Å². The normalized spacial score (nSPS) is 16.4. The molecule has 1 unspecified atom stereocenters. The van der Waals surface area contributed by atoms with Crippen LogP contribution >= 0.6 is 0 Å². The Hall–Kier alpha value is -3.54. The summed E-state index contributed by atoms with van der Waals surface area (Å²) in [5.74, 6) is -0.979. The number of carbonyl (C=O) groups is 2. The standard InChI is InChI=1S/C25H25NO5/c1-4-5-12-26-21(16-9-6-8-15(2)13-16)20(23(28)25(26)29)22(27)19-14-17-10-7-11-18(30-3)24(17)31-19/h6-11,13-14,21,28H,4-5,12H2,1-3H3. The topological polar surface area (TPSA) is 80.0 Å². The van der Waals surface area contributed by atoms with Crippen molar-refractivity contribution in [2.24, 2.45) is 0 Å². The lowest BCUT2D eigenvalue weighted by atomic mass is 9.94. The van der Waals surface area contributed by atoms with E-state index in [2.05, 4.69) is 0 Å². The first kappa shape index (κ1) is 20.7. The van der Waals surface area contributed by atoms with Crippen LogP contribution in [0, 0.1) is 6.92 Å². The van der Waals surface area contributed by atoms with Crippen LogP contribution in [-0.2, 0) is 4.79 Å². The number of para-hydroxylation sites is 1. The van der Waals surface area contributed by atoms with E-state index in [-0.39, 0.29) is 11.3 Å². The van der Waals surface area contributed by atoms with Gasteiger partial charge in [0.05, 0.1) is 18.7 Å². The molecule has 0 saturated heterocycles. The highest BCUT2D eigenvalue weighted by atomic mass is 16.5. The summed E-state index contributed by atoms with van der Waals surface area (Å²) in [6.45, 7) is 4.43. The summed E-state index contributed by atoms with van der Waals surface area (Å²) in [6, 6.07) is 14.0. The van der Waals surface area contributed by atoms with Crippen molar-refractivity contribution in [2.45, 2.75) is 32.7 Å². The largest absolute Gasteiger partial charge is 0.503 e. The number of methoxy groups -OCH3 is 1. The van der Waals surface area contributed by atoms with Crippen LogP contribution in [0.1, 0.15) is 47.5 Å². The molecule has 0 aliphatic carbocycles. The maximum Gasteiger partial charge on any atom is 0.290 e. The molecule has 1 atom stereocenters. The van der Waals surface area contributed by atoms with Gasteiger partial charge < -0.3 is 19.2 Å². The van der Waals surface area contributed by atoms with Crippen molar-refractivity contribution in [1.82, 2.24) is 4.90 Å². The molecule has 0 radical (unpaired) electrons. The van der Waals surface area contributed by atoms with Gasteiger partial charge in [-0.05, 0) is 31.0 Å². The van der Waals surface area contributed by atoms with Gasteiger partial charge in [0.1, 0.15) is 0 Å². The molecule has 4 rings (SSSR count). The highest BCUT2D eigenvalue weighted by Crippen LogP contribution is 2.40. The number of benzene rings is 2. The number of ether oxygens (including phenoxy) is 1. The van der Waals surface area contributed by atoms with Crippen LogP contribution in [0.25, 0.3) is 11.0 Å². The zero-order valence-corrected chi connectivity index (χ0v) is 17.8. The van der Waals surface area contributed by atoms with E-state index in [1.807, 2.05) is 50.2 Å². The molecule has 0 saturated carbocycles. The van der Waals surface area contributed by atoms with Gasteiger partial charge in [0.2, 0.25) is 5.78 Å². The van der Waals surface area contributed by atoms with Gasteiger partial charge in [0, 0.05) is 11.9 Å². The summed E-state index contributed by atoms with van der Waals surface area (Å²) >= 11 is 0. The Morgan fingerprint density at radius 3 is 2.68 bits per heavy atom. The maximum atomic E-state index is 13.5. The summed E-state index contributed by atoms with van der Waals surface area (Å²) < 4.78 is 11.1. The summed E-state index contributed by atoms with van der Waals surface area (Å²) in [7, 11) is 1.53. The van der Waals surface area contributed by atoms with Crippen molar-refractivity contribution in [3.8, 4) is 5.75 Å². The number of carbonyl (C=O) groups excluding carboxylic acids is 2. The lowest BCUT2D eigenvalue weighted by molar-refractivity contribution is -0.129. The van der Waals surface area contributed by atoms with Gasteiger partial charge in [-0.2, -0.15) is 0 Å². The van der Waals surface area contributed by atoms with Crippen molar-refractivity contribution in [2.75, 3.05) is 13.7 Å². The van der Waals surface area contributed by atoms with Crippen LogP contribution in [-0.4, -0.2) is 35.4 Å². The third-order valence-corrected chi connectivity index (χ3v) is 5.61. The monoisotopic (exact) mass is 419 g/mol. The minimum absolute atomic E-state index is 0.0460. The molecule has 0 bridgehead atoms. The first-order chi connectivity index (χ1) is 15.0. The van der Waals surface area contributed by atoms with Gasteiger partial charge in [0.15, 0.2) is 22.9 Å². The number of hydrogen-bond acceptors (Lipinski definition) is 5. The van der Waals surface area contributed by atoms with Gasteiger partial charge in [-0.3, -0.25) is 9.59 Å². The van der Waals surface area contributed by atoms with E-state index < -0.39 is 23.5 Å². The number of amides is 1.